The van der Waals surface area contributed by atoms with Crippen molar-refractivity contribution >= 4 is 11.9 Å². The van der Waals surface area contributed by atoms with E-state index in [1.165, 1.54) is 14.2 Å². The molecule has 0 heterocycles. The monoisotopic (exact) mass is 401 g/mol. The SMILES string of the molecule is COC(=O)CC(NC(=O)CCc1ccccc1OC)c1ccc(OC)c(OC)c1. The van der Waals surface area contributed by atoms with Gasteiger partial charge >= 0.3 is 5.97 Å². The van der Waals surface area contributed by atoms with Gasteiger partial charge in [-0.2, -0.15) is 0 Å². The van der Waals surface area contributed by atoms with Crippen LogP contribution in [0.3, 0.4) is 0 Å². The summed E-state index contributed by atoms with van der Waals surface area (Å²) in [7, 11) is 5.99. The van der Waals surface area contributed by atoms with Crippen LogP contribution in [-0.4, -0.2) is 40.3 Å². The van der Waals surface area contributed by atoms with E-state index in [1.54, 1.807) is 32.4 Å². The number of rotatable bonds is 10. The first-order chi connectivity index (χ1) is 14.0. The highest BCUT2D eigenvalue weighted by Gasteiger charge is 2.21. The first kappa shape index (κ1) is 22.1. The Balaban J connectivity index is 2.13. The Bertz CT molecular complexity index is 836. The number of nitrogens with one attached hydrogen (secondary N) is 1. The van der Waals surface area contributed by atoms with Crippen molar-refractivity contribution in [1.82, 2.24) is 5.32 Å². The van der Waals surface area contributed by atoms with Gasteiger partial charge < -0.3 is 24.3 Å². The topological polar surface area (TPSA) is 83.1 Å². The predicted molar refractivity (Wildman–Crippen MR) is 108 cm³/mol. The van der Waals surface area contributed by atoms with Crippen LogP contribution in [0.1, 0.15) is 30.0 Å². The number of carbonyl (C=O) groups is 2. The van der Waals surface area contributed by atoms with Crippen LogP contribution in [0.4, 0.5) is 0 Å². The van der Waals surface area contributed by atoms with Crippen LogP contribution in [0.2, 0.25) is 0 Å². The Hall–Kier alpha value is -3.22. The third kappa shape index (κ3) is 6.14. The summed E-state index contributed by atoms with van der Waals surface area (Å²) >= 11 is 0. The Morgan fingerprint density at radius 3 is 2.24 bits per heavy atom. The third-order valence-electron chi connectivity index (χ3n) is 4.56. The van der Waals surface area contributed by atoms with E-state index in [9.17, 15) is 9.59 Å². The second kappa shape index (κ2) is 10.9. The number of para-hydroxylation sites is 1. The van der Waals surface area contributed by atoms with E-state index in [1.807, 2.05) is 24.3 Å². The van der Waals surface area contributed by atoms with E-state index in [0.29, 0.717) is 17.9 Å². The minimum Gasteiger partial charge on any atom is -0.496 e. The van der Waals surface area contributed by atoms with Gasteiger partial charge in [0, 0.05) is 6.42 Å². The third-order valence-corrected chi connectivity index (χ3v) is 4.56. The second-order valence-electron chi connectivity index (χ2n) is 6.33. The highest BCUT2D eigenvalue weighted by atomic mass is 16.5. The van der Waals surface area contributed by atoms with Gasteiger partial charge in [0.05, 0.1) is 40.9 Å². The van der Waals surface area contributed by atoms with Gasteiger partial charge in [0.25, 0.3) is 0 Å². The zero-order valence-corrected chi connectivity index (χ0v) is 17.2. The summed E-state index contributed by atoms with van der Waals surface area (Å²) in [6, 6.07) is 12.3. The number of hydrogen-bond acceptors (Lipinski definition) is 6. The van der Waals surface area contributed by atoms with Gasteiger partial charge in [-0.1, -0.05) is 24.3 Å². The molecule has 0 saturated heterocycles. The molecule has 1 unspecified atom stereocenters. The van der Waals surface area contributed by atoms with Crippen molar-refractivity contribution in [2.45, 2.75) is 25.3 Å². The molecule has 0 spiro atoms. The Morgan fingerprint density at radius 2 is 1.59 bits per heavy atom. The van der Waals surface area contributed by atoms with E-state index < -0.39 is 12.0 Å². The van der Waals surface area contributed by atoms with Gasteiger partial charge in [0.1, 0.15) is 5.75 Å². The lowest BCUT2D eigenvalue weighted by Crippen LogP contribution is -2.30. The number of ether oxygens (including phenoxy) is 4. The Labute approximate surface area is 170 Å². The molecule has 0 aliphatic carbocycles. The van der Waals surface area contributed by atoms with Gasteiger partial charge in [0.15, 0.2) is 11.5 Å². The van der Waals surface area contributed by atoms with Crippen LogP contribution < -0.4 is 19.5 Å². The Kier molecular flexibility index (Phi) is 8.33. The molecule has 1 N–H and O–H groups in total. The maximum absolute atomic E-state index is 12.6. The molecule has 1 atom stereocenters. The number of methoxy groups -OCH3 is 4. The largest absolute Gasteiger partial charge is 0.496 e. The molecule has 7 nitrogen and oxygen atoms in total. The summed E-state index contributed by atoms with van der Waals surface area (Å²) in [4.78, 5) is 24.5. The summed E-state index contributed by atoms with van der Waals surface area (Å²) < 4.78 is 20.7. The molecule has 0 aromatic heterocycles. The normalized spacial score (nSPS) is 11.3. The zero-order valence-electron chi connectivity index (χ0n) is 17.2. The molecular weight excluding hydrogens is 374 g/mol. The van der Waals surface area contributed by atoms with Crippen LogP contribution in [-0.2, 0) is 20.7 Å². The summed E-state index contributed by atoms with van der Waals surface area (Å²) in [6.45, 7) is 0. The lowest BCUT2D eigenvalue weighted by atomic mass is 10.0. The van der Waals surface area contributed by atoms with E-state index in [0.717, 1.165) is 16.9 Å². The van der Waals surface area contributed by atoms with Crippen molar-refractivity contribution in [1.29, 1.82) is 0 Å². The maximum Gasteiger partial charge on any atom is 0.307 e. The zero-order chi connectivity index (χ0) is 21.2. The van der Waals surface area contributed by atoms with Crippen LogP contribution in [0.15, 0.2) is 42.5 Å². The standard InChI is InChI=1S/C22H27NO6/c1-26-18-8-6-5-7-15(18)10-12-21(24)23-17(14-22(25)29-4)16-9-11-19(27-2)20(13-16)28-3/h5-9,11,13,17H,10,12,14H2,1-4H3,(H,23,24). The van der Waals surface area contributed by atoms with Crippen molar-refractivity contribution < 1.29 is 28.5 Å². The molecule has 29 heavy (non-hydrogen) atoms. The number of aryl methyl sites for hydroxylation is 1. The lowest BCUT2D eigenvalue weighted by molar-refractivity contribution is -0.141. The van der Waals surface area contributed by atoms with Crippen molar-refractivity contribution in [2.24, 2.45) is 0 Å². The van der Waals surface area contributed by atoms with E-state index in [4.69, 9.17) is 18.9 Å². The number of hydrogen-bond donors (Lipinski definition) is 1. The number of benzene rings is 2. The molecule has 2 aromatic carbocycles. The molecule has 2 aromatic rings. The Morgan fingerprint density at radius 1 is 0.897 bits per heavy atom. The number of carbonyl (C=O) groups excluding carboxylic acids is 2. The minimum absolute atomic E-state index is 0.00633. The molecule has 0 aliphatic rings. The van der Waals surface area contributed by atoms with E-state index in [2.05, 4.69) is 5.32 Å². The average molecular weight is 401 g/mol. The number of esters is 1. The molecule has 0 bridgehead atoms. The van der Waals surface area contributed by atoms with Crippen molar-refractivity contribution in [3.05, 3.63) is 53.6 Å². The minimum atomic E-state index is -0.549. The van der Waals surface area contributed by atoms with E-state index >= 15 is 0 Å². The summed E-state index contributed by atoms with van der Waals surface area (Å²) in [5.74, 6) is 1.22. The molecular formula is C22H27NO6. The van der Waals surface area contributed by atoms with Gasteiger partial charge in [-0.05, 0) is 35.7 Å². The highest BCUT2D eigenvalue weighted by Crippen LogP contribution is 2.31. The molecule has 0 aliphatic heterocycles. The van der Waals surface area contributed by atoms with Gasteiger partial charge in [-0.25, -0.2) is 0 Å². The van der Waals surface area contributed by atoms with Crippen molar-refractivity contribution in [3.63, 3.8) is 0 Å². The molecule has 0 fully saturated rings. The summed E-state index contributed by atoms with van der Waals surface area (Å²) in [5, 5.41) is 2.92. The van der Waals surface area contributed by atoms with Crippen LogP contribution in [0.5, 0.6) is 17.2 Å². The molecule has 156 valence electrons. The summed E-state index contributed by atoms with van der Waals surface area (Å²) in [5.41, 5.74) is 1.67. The lowest BCUT2D eigenvalue weighted by Gasteiger charge is -2.20. The fraction of sp³-hybridized carbons (Fsp3) is 0.364. The predicted octanol–water partition coefficient (Wildman–Crippen LogP) is 3.07. The highest BCUT2D eigenvalue weighted by molar-refractivity contribution is 5.78. The van der Waals surface area contributed by atoms with Crippen molar-refractivity contribution in [3.8, 4) is 17.2 Å². The molecule has 0 radical (unpaired) electrons. The molecule has 7 heteroatoms. The van der Waals surface area contributed by atoms with E-state index in [-0.39, 0.29) is 18.7 Å². The molecule has 0 saturated carbocycles. The van der Waals surface area contributed by atoms with Gasteiger partial charge in [0.2, 0.25) is 5.91 Å². The van der Waals surface area contributed by atoms with Crippen LogP contribution in [0, 0.1) is 0 Å². The summed E-state index contributed by atoms with van der Waals surface area (Å²) in [6.07, 6.45) is 0.782. The maximum atomic E-state index is 12.6. The quantitative estimate of drug-likeness (QED) is 0.616. The van der Waals surface area contributed by atoms with Gasteiger partial charge in [-0.15, -0.1) is 0 Å². The fourth-order valence-electron chi connectivity index (χ4n) is 3.00. The van der Waals surface area contributed by atoms with Gasteiger partial charge in [-0.3, -0.25) is 9.59 Å². The molecule has 2 rings (SSSR count). The molecule has 1 amide bonds. The average Bonchev–Trinajstić information content (AvgIpc) is 2.76. The van der Waals surface area contributed by atoms with Crippen LogP contribution in [0.25, 0.3) is 0 Å². The fourth-order valence-corrected chi connectivity index (χ4v) is 3.00. The van der Waals surface area contributed by atoms with Crippen molar-refractivity contribution in [2.75, 3.05) is 28.4 Å². The first-order valence-electron chi connectivity index (χ1n) is 9.22. The first-order valence-corrected chi connectivity index (χ1v) is 9.22. The number of amides is 1. The smallest absolute Gasteiger partial charge is 0.307 e. The second-order valence-corrected chi connectivity index (χ2v) is 6.33. The van der Waals surface area contributed by atoms with Crippen LogP contribution >= 0.6 is 0 Å².